The van der Waals surface area contributed by atoms with Crippen molar-refractivity contribution in [1.29, 1.82) is 0 Å². The Morgan fingerprint density at radius 1 is 0.710 bits per heavy atom. The summed E-state index contributed by atoms with van der Waals surface area (Å²) in [5, 5.41) is 11.7. The lowest BCUT2D eigenvalue weighted by atomic mass is 9.68. The van der Waals surface area contributed by atoms with Crippen molar-refractivity contribution >= 4 is 0 Å². The monoisotopic (exact) mass is 430 g/mol. The number of rotatable bonds is 6. The summed E-state index contributed by atoms with van der Waals surface area (Å²) in [6, 6.07) is 22.2. The lowest BCUT2D eigenvalue weighted by Gasteiger charge is -2.41. The molecule has 0 aliphatic carbocycles. The van der Waals surface area contributed by atoms with Crippen molar-refractivity contribution in [2.24, 2.45) is 5.41 Å². The van der Waals surface area contributed by atoms with Crippen LogP contribution in [0.25, 0.3) is 0 Å². The van der Waals surface area contributed by atoms with Crippen molar-refractivity contribution in [3.8, 4) is 11.5 Å². The fourth-order valence-electron chi connectivity index (χ4n) is 3.46. The topological polar surface area (TPSA) is 38.7 Å². The minimum absolute atomic E-state index is 0.336. The zero-order valence-corrected chi connectivity index (χ0v) is 17.6. The van der Waals surface area contributed by atoms with E-state index in [1.54, 1.807) is 24.3 Å². The van der Waals surface area contributed by atoms with Crippen LogP contribution < -0.4 is 9.47 Å². The molecular formula is C25H25F3O3. The van der Waals surface area contributed by atoms with Crippen molar-refractivity contribution in [3.63, 3.8) is 0 Å². The van der Waals surface area contributed by atoms with Crippen LogP contribution in [0.4, 0.5) is 13.2 Å². The van der Waals surface area contributed by atoms with Crippen molar-refractivity contribution in [2.75, 3.05) is 0 Å². The smallest absolute Gasteiger partial charge is 0.489 e. The number of hydrogen-bond donors (Lipinski definition) is 1. The van der Waals surface area contributed by atoms with Crippen LogP contribution in [0.2, 0.25) is 0 Å². The summed E-state index contributed by atoms with van der Waals surface area (Å²) in [6.07, 6.45) is -4.77. The number of halogens is 3. The molecule has 0 saturated carbocycles. The van der Waals surface area contributed by atoms with E-state index in [0.717, 1.165) is 5.56 Å². The Hall–Kier alpha value is -2.99. The standard InChI is InChI=1S/C25H25F3O3/c1-23(2,3)24(29,20-11-15-22(16-12-20)31-25(26,27)28)19-9-13-21(14-10-19)30-17-18-7-5-4-6-8-18/h4-16,29H,17H2,1-3H3. The molecule has 3 rings (SSSR count). The van der Waals surface area contributed by atoms with Gasteiger partial charge >= 0.3 is 6.36 Å². The van der Waals surface area contributed by atoms with E-state index in [1.807, 2.05) is 51.1 Å². The highest BCUT2D eigenvalue weighted by atomic mass is 19.4. The van der Waals surface area contributed by atoms with E-state index in [9.17, 15) is 18.3 Å². The molecule has 0 fully saturated rings. The molecule has 3 aromatic rings. The first-order chi connectivity index (χ1) is 14.5. The number of benzene rings is 3. The molecule has 0 heterocycles. The van der Waals surface area contributed by atoms with E-state index in [1.165, 1.54) is 24.3 Å². The minimum Gasteiger partial charge on any atom is -0.489 e. The highest BCUT2D eigenvalue weighted by Crippen LogP contribution is 2.45. The summed E-state index contributed by atoms with van der Waals surface area (Å²) in [5.74, 6) is 0.315. The van der Waals surface area contributed by atoms with Gasteiger partial charge in [-0.05, 0) is 46.4 Å². The van der Waals surface area contributed by atoms with Crippen LogP contribution in [0.15, 0.2) is 78.9 Å². The van der Waals surface area contributed by atoms with Gasteiger partial charge in [-0.1, -0.05) is 75.4 Å². The molecule has 0 aliphatic rings. The fourth-order valence-corrected chi connectivity index (χ4v) is 3.46. The Kier molecular flexibility index (Phi) is 6.32. The van der Waals surface area contributed by atoms with Crippen LogP contribution in [-0.4, -0.2) is 11.5 Å². The maximum Gasteiger partial charge on any atom is 0.573 e. The molecule has 31 heavy (non-hydrogen) atoms. The van der Waals surface area contributed by atoms with Crippen LogP contribution in [0.3, 0.4) is 0 Å². The van der Waals surface area contributed by atoms with Gasteiger partial charge in [-0.15, -0.1) is 13.2 Å². The average molecular weight is 430 g/mol. The van der Waals surface area contributed by atoms with Gasteiger partial charge in [-0.25, -0.2) is 0 Å². The Labute approximate surface area is 180 Å². The molecule has 3 nitrogen and oxygen atoms in total. The van der Waals surface area contributed by atoms with Crippen LogP contribution in [0, 0.1) is 5.41 Å². The summed E-state index contributed by atoms with van der Waals surface area (Å²) in [7, 11) is 0. The minimum atomic E-state index is -4.77. The molecule has 0 spiro atoms. The maximum absolute atomic E-state index is 12.5. The molecular weight excluding hydrogens is 405 g/mol. The zero-order chi connectivity index (χ0) is 22.7. The van der Waals surface area contributed by atoms with Gasteiger partial charge in [0.2, 0.25) is 0 Å². The second-order valence-electron chi connectivity index (χ2n) is 8.33. The Morgan fingerprint density at radius 2 is 1.19 bits per heavy atom. The second-order valence-corrected chi connectivity index (χ2v) is 8.33. The van der Waals surface area contributed by atoms with Crippen molar-refractivity contribution in [2.45, 2.75) is 39.3 Å². The number of hydrogen-bond acceptors (Lipinski definition) is 3. The molecule has 6 heteroatoms. The van der Waals surface area contributed by atoms with Gasteiger partial charge in [0.25, 0.3) is 0 Å². The molecule has 0 bridgehead atoms. The largest absolute Gasteiger partial charge is 0.573 e. The van der Waals surface area contributed by atoms with Gasteiger partial charge in [0.15, 0.2) is 0 Å². The van der Waals surface area contributed by atoms with Gasteiger partial charge in [-0.3, -0.25) is 0 Å². The van der Waals surface area contributed by atoms with Crippen LogP contribution >= 0.6 is 0 Å². The van der Waals surface area contributed by atoms with E-state index >= 15 is 0 Å². The van der Waals surface area contributed by atoms with E-state index in [-0.39, 0.29) is 5.75 Å². The third-order valence-electron chi connectivity index (χ3n) is 5.11. The molecule has 0 amide bonds. The molecule has 1 unspecified atom stereocenters. The summed E-state index contributed by atoms with van der Waals surface area (Å²) in [4.78, 5) is 0. The molecule has 164 valence electrons. The Balaban J connectivity index is 1.85. The molecule has 0 aliphatic heterocycles. The van der Waals surface area contributed by atoms with Crippen molar-refractivity contribution in [1.82, 2.24) is 0 Å². The summed E-state index contributed by atoms with van der Waals surface area (Å²) in [5.41, 5.74) is 0.0241. The highest BCUT2D eigenvalue weighted by Gasteiger charge is 2.43. The third-order valence-corrected chi connectivity index (χ3v) is 5.11. The van der Waals surface area contributed by atoms with Gasteiger partial charge in [0.1, 0.15) is 23.7 Å². The molecule has 0 radical (unpaired) electrons. The summed E-state index contributed by atoms with van der Waals surface area (Å²) < 4.78 is 47.1. The van der Waals surface area contributed by atoms with Gasteiger partial charge in [0, 0.05) is 0 Å². The predicted molar refractivity (Wildman–Crippen MR) is 113 cm³/mol. The van der Waals surface area contributed by atoms with E-state index in [4.69, 9.17) is 4.74 Å². The first kappa shape index (κ1) is 22.7. The van der Waals surface area contributed by atoms with E-state index in [2.05, 4.69) is 4.74 Å². The highest BCUT2D eigenvalue weighted by molar-refractivity contribution is 5.42. The van der Waals surface area contributed by atoms with Crippen molar-refractivity contribution < 1.29 is 27.8 Å². The first-order valence-corrected chi connectivity index (χ1v) is 9.85. The second kappa shape index (κ2) is 8.63. The Bertz CT molecular complexity index is 976. The maximum atomic E-state index is 12.5. The van der Waals surface area contributed by atoms with Gasteiger partial charge in [-0.2, -0.15) is 0 Å². The number of alkyl halides is 3. The van der Waals surface area contributed by atoms with Crippen LogP contribution in [-0.2, 0) is 12.2 Å². The number of aliphatic hydroxyl groups is 1. The lowest BCUT2D eigenvalue weighted by Crippen LogP contribution is -2.41. The quantitative estimate of drug-likeness (QED) is 0.489. The normalized spacial score (nSPS) is 14.0. The first-order valence-electron chi connectivity index (χ1n) is 9.85. The zero-order valence-electron chi connectivity index (χ0n) is 17.6. The predicted octanol–water partition coefficient (Wildman–Crippen LogP) is 6.45. The van der Waals surface area contributed by atoms with Crippen LogP contribution in [0.1, 0.15) is 37.5 Å². The summed E-state index contributed by atoms with van der Waals surface area (Å²) in [6.45, 7) is 6.03. The lowest BCUT2D eigenvalue weighted by molar-refractivity contribution is -0.274. The van der Waals surface area contributed by atoms with Gasteiger partial charge < -0.3 is 14.6 Å². The fraction of sp³-hybridized carbons (Fsp3) is 0.280. The third kappa shape index (κ3) is 5.39. The molecule has 1 atom stereocenters. The molecule has 0 aromatic heterocycles. The van der Waals surface area contributed by atoms with E-state index in [0.29, 0.717) is 23.5 Å². The molecule has 3 aromatic carbocycles. The van der Waals surface area contributed by atoms with Gasteiger partial charge in [0.05, 0.1) is 0 Å². The SMILES string of the molecule is CC(C)(C)C(O)(c1ccc(OCc2ccccc2)cc1)c1ccc(OC(F)(F)F)cc1. The molecule has 0 saturated heterocycles. The van der Waals surface area contributed by atoms with E-state index < -0.39 is 17.4 Å². The average Bonchev–Trinajstić information content (AvgIpc) is 2.71. The Morgan fingerprint density at radius 3 is 1.65 bits per heavy atom. The summed E-state index contributed by atoms with van der Waals surface area (Å²) >= 11 is 0. The van der Waals surface area contributed by atoms with Crippen LogP contribution in [0.5, 0.6) is 11.5 Å². The molecule has 1 N–H and O–H groups in total. The van der Waals surface area contributed by atoms with Crippen molar-refractivity contribution in [3.05, 3.63) is 95.6 Å². The number of ether oxygens (including phenoxy) is 2.